The Labute approximate surface area is 212 Å². The second-order valence-corrected chi connectivity index (χ2v) is 10.6. The van der Waals surface area contributed by atoms with Crippen LogP contribution in [-0.4, -0.2) is 65.9 Å². The number of carbonyl (C=O) groups excluding carboxylic acids is 2. The molecule has 7 heteroatoms. The molecule has 4 rings (SSSR count). The van der Waals surface area contributed by atoms with E-state index in [-0.39, 0.29) is 16.7 Å². The number of hydrogen-bond donors (Lipinski definition) is 2. The maximum atomic E-state index is 13.5. The third kappa shape index (κ3) is 4.63. The molecule has 0 saturated carbocycles. The number of aliphatic hydroxyl groups is 1. The zero-order chi connectivity index (χ0) is 26.2. The van der Waals surface area contributed by atoms with E-state index in [9.17, 15) is 14.7 Å². The Hall–Kier alpha value is -3.58. The molecule has 0 aliphatic carbocycles. The smallest absolute Gasteiger partial charge is 0.295 e. The van der Waals surface area contributed by atoms with E-state index in [1.807, 2.05) is 61.6 Å². The van der Waals surface area contributed by atoms with E-state index in [0.29, 0.717) is 24.3 Å². The quantitative estimate of drug-likeness (QED) is 0.282. The number of rotatable bonds is 7. The zero-order valence-corrected chi connectivity index (χ0v) is 21.9. The minimum absolute atomic E-state index is 0.0824. The van der Waals surface area contributed by atoms with Crippen molar-refractivity contribution in [3.63, 3.8) is 0 Å². The summed E-state index contributed by atoms with van der Waals surface area (Å²) in [6, 6.07) is 12.6. The molecule has 1 saturated heterocycles. The summed E-state index contributed by atoms with van der Waals surface area (Å²) in [5.74, 6) is -1.06. The Bertz CT molecular complexity index is 1330. The van der Waals surface area contributed by atoms with Gasteiger partial charge in [0.25, 0.3) is 11.7 Å². The predicted molar refractivity (Wildman–Crippen MR) is 142 cm³/mol. The Morgan fingerprint density at radius 1 is 1.14 bits per heavy atom. The first-order valence-corrected chi connectivity index (χ1v) is 12.2. The van der Waals surface area contributed by atoms with Gasteiger partial charge in [0, 0.05) is 29.2 Å². The lowest BCUT2D eigenvalue weighted by molar-refractivity contribution is -0.139. The van der Waals surface area contributed by atoms with E-state index < -0.39 is 17.7 Å². The van der Waals surface area contributed by atoms with Gasteiger partial charge in [0.1, 0.15) is 11.5 Å². The van der Waals surface area contributed by atoms with Crippen LogP contribution in [0.2, 0.25) is 0 Å². The number of amides is 1. The van der Waals surface area contributed by atoms with Crippen LogP contribution in [0.25, 0.3) is 16.7 Å². The monoisotopic (exact) mass is 489 g/mol. The molecule has 1 aliphatic heterocycles. The van der Waals surface area contributed by atoms with E-state index in [0.717, 1.165) is 28.6 Å². The summed E-state index contributed by atoms with van der Waals surface area (Å²) in [6.45, 7) is 7.39. The van der Waals surface area contributed by atoms with Crippen molar-refractivity contribution in [2.24, 2.45) is 0 Å². The summed E-state index contributed by atoms with van der Waals surface area (Å²) in [6.07, 6.45) is 2.53. The molecule has 1 atom stereocenters. The van der Waals surface area contributed by atoms with E-state index in [2.05, 4.69) is 25.8 Å². The molecule has 3 aromatic rings. The number of aliphatic hydroxyl groups excluding tert-OH is 1. The number of H-pyrrole nitrogens is 1. The van der Waals surface area contributed by atoms with E-state index in [1.54, 1.807) is 11.0 Å². The highest BCUT2D eigenvalue weighted by molar-refractivity contribution is 6.46. The van der Waals surface area contributed by atoms with Crippen LogP contribution in [0.15, 0.2) is 54.2 Å². The van der Waals surface area contributed by atoms with Gasteiger partial charge >= 0.3 is 0 Å². The van der Waals surface area contributed by atoms with Gasteiger partial charge in [0.2, 0.25) is 0 Å². The van der Waals surface area contributed by atoms with Gasteiger partial charge in [-0.1, -0.05) is 45.0 Å². The third-order valence-corrected chi connectivity index (χ3v) is 6.78. The largest absolute Gasteiger partial charge is 0.507 e. The molecule has 2 N–H and O–H groups in total. The van der Waals surface area contributed by atoms with Crippen LogP contribution < -0.4 is 4.74 Å². The van der Waals surface area contributed by atoms with Gasteiger partial charge in [0.15, 0.2) is 0 Å². The van der Waals surface area contributed by atoms with Crippen LogP contribution in [0.3, 0.4) is 0 Å². The Balaban J connectivity index is 1.93. The lowest BCUT2D eigenvalue weighted by atomic mass is 9.85. The number of Topliss-reactive ketones (excluding diaryl/α,β-unsaturated/α-hetero) is 1. The van der Waals surface area contributed by atoms with Crippen molar-refractivity contribution < 1.29 is 19.4 Å². The third-order valence-electron chi connectivity index (χ3n) is 6.78. The SMILES string of the molecule is COc1ccc(C(C)(C)C)cc1/C(O)=C1\C(=O)C(=O)N(CCCN(C)C)C1c1c[nH]c2ccccc12. The summed E-state index contributed by atoms with van der Waals surface area (Å²) in [4.78, 5) is 33.7. The molecule has 0 radical (unpaired) electrons. The highest BCUT2D eigenvalue weighted by atomic mass is 16.5. The Morgan fingerprint density at radius 3 is 2.53 bits per heavy atom. The number of hydrogen-bond acceptors (Lipinski definition) is 5. The number of benzene rings is 2. The van der Waals surface area contributed by atoms with Crippen LogP contribution in [0.4, 0.5) is 0 Å². The molecule has 190 valence electrons. The van der Waals surface area contributed by atoms with Crippen LogP contribution in [0.5, 0.6) is 5.75 Å². The molecule has 7 nitrogen and oxygen atoms in total. The molecule has 36 heavy (non-hydrogen) atoms. The van der Waals surface area contributed by atoms with Gasteiger partial charge in [-0.25, -0.2) is 0 Å². The van der Waals surface area contributed by atoms with Crippen molar-refractivity contribution in [2.75, 3.05) is 34.3 Å². The van der Waals surface area contributed by atoms with E-state index in [1.165, 1.54) is 7.11 Å². The first kappa shape index (κ1) is 25.5. The van der Waals surface area contributed by atoms with Crippen LogP contribution in [0.1, 0.15) is 49.9 Å². The second-order valence-electron chi connectivity index (χ2n) is 10.6. The van der Waals surface area contributed by atoms with Crippen molar-refractivity contribution in [1.29, 1.82) is 0 Å². The van der Waals surface area contributed by atoms with Crippen molar-refractivity contribution >= 4 is 28.4 Å². The first-order chi connectivity index (χ1) is 17.0. The Morgan fingerprint density at radius 2 is 1.86 bits per heavy atom. The summed E-state index contributed by atoms with van der Waals surface area (Å²) in [7, 11) is 5.47. The number of aromatic nitrogens is 1. The normalized spacial score (nSPS) is 18.0. The molecule has 2 heterocycles. The minimum atomic E-state index is -0.716. The highest BCUT2D eigenvalue weighted by Gasteiger charge is 2.47. The molecular formula is C29H35N3O4. The highest BCUT2D eigenvalue weighted by Crippen LogP contribution is 2.43. The molecule has 1 fully saturated rings. The summed E-state index contributed by atoms with van der Waals surface area (Å²) < 4.78 is 5.55. The summed E-state index contributed by atoms with van der Waals surface area (Å²) >= 11 is 0. The number of ketones is 1. The number of para-hydroxylation sites is 1. The maximum absolute atomic E-state index is 13.5. The number of aromatic amines is 1. The van der Waals surface area contributed by atoms with Crippen LogP contribution in [0, 0.1) is 0 Å². The van der Waals surface area contributed by atoms with Crippen molar-refractivity contribution in [3.8, 4) is 5.75 Å². The topological polar surface area (TPSA) is 85.9 Å². The zero-order valence-electron chi connectivity index (χ0n) is 21.9. The van der Waals surface area contributed by atoms with Gasteiger partial charge in [-0.05, 0) is 56.2 Å². The average Bonchev–Trinajstić information content (AvgIpc) is 3.36. The van der Waals surface area contributed by atoms with Crippen molar-refractivity contribution in [2.45, 2.75) is 38.6 Å². The first-order valence-electron chi connectivity index (χ1n) is 12.2. The maximum Gasteiger partial charge on any atom is 0.295 e. The summed E-state index contributed by atoms with van der Waals surface area (Å²) in [5, 5.41) is 12.6. The standard InChI is InChI=1S/C29H35N3O4/c1-29(2,3)18-12-13-23(36-6)20(16-18)26(33)24-25(21-17-30-22-11-8-7-10-19(21)22)32(28(35)27(24)34)15-9-14-31(4)5/h7-8,10-13,16-17,25,30,33H,9,14-15H2,1-6H3/b26-24+. The van der Waals surface area contributed by atoms with E-state index in [4.69, 9.17) is 4.74 Å². The number of carbonyl (C=O) groups is 2. The molecule has 1 aliphatic rings. The molecule has 0 bridgehead atoms. The van der Waals surface area contributed by atoms with Crippen LogP contribution in [-0.2, 0) is 15.0 Å². The molecule has 0 spiro atoms. The predicted octanol–water partition coefficient (Wildman–Crippen LogP) is 4.85. The van der Waals surface area contributed by atoms with Gasteiger partial charge in [-0.15, -0.1) is 0 Å². The second kappa shape index (κ2) is 9.82. The van der Waals surface area contributed by atoms with Crippen molar-refractivity contribution in [1.82, 2.24) is 14.8 Å². The number of nitrogens with zero attached hydrogens (tertiary/aromatic N) is 2. The van der Waals surface area contributed by atoms with Crippen molar-refractivity contribution in [3.05, 3.63) is 70.9 Å². The average molecular weight is 490 g/mol. The number of ether oxygens (including phenoxy) is 1. The molecule has 1 aromatic heterocycles. The minimum Gasteiger partial charge on any atom is -0.507 e. The number of nitrogens with one attached hydrogen (secondary N) is 1. The lowest BCUT2D eigenvalue weighted by Gasteiger charge is -2.26. The van der Waals surface area contributed by atoms with E-state index >= 15 is 0 Å². The molecule has 2 aromatic carbocycles. The lowest BCUT2D eigenvalue weighted by Crippen LogP contribution is -2.32. The number of likely N-dealkylation sites (tertiary alicyclic amines) is 1. The molecule has 1 amide bonds. The fraction of sp³-hybridized carbons (Fsp3) is 0.379. The number of fused-ring (bicyclic) bond motifs is 1. The van der Waals surface area contributed by atoms with Gasteiger partial charge in [-0.3, -0.25) is 9.59 Å². The van der Waals surface area contributed by atoms with Gasteiger partial charge in [0.05, 0.1) is 24.3 Å². The van der Waals surface area contributed by atoms with Gasteiger partial charge < -0.3 is 24.6 Å². The Kier molecular flexibility index (Phi) is 6.96. The molecule has 1 unspecified atom stereocenters. The fourth-order valence-electron chi connectivity index (χ4n) is 4.82. The van der Waals surface area contributed by atoms with Crippen LogP contribution >= 0.6 is 0 Å². The number of methoxy groups -OCH3 is 1. The van der Waals surface area contributed by atoms with Gasteiger partial charge in [-0.2, -0.15) is 0 Å². The molecular weight excluding hydrogens is 454 g/mol. The fourth-order valence-corrected chi connectivity index (χ4v) is 4.82. The summed E-state index contributed by atoms with van der Waals surface area (Å²) in [5.41, 5.74) is 2.96.